The zero-order valence-electron chi connectivity index (χ0n) is 14.9. The Hall–Kier alpha value is -2.40. The van der Waals surface area contributed by atoms with Gasteiger partial charge in [-0.15, -0.1) is 5.10 Å². The second-order valence-corrected chi connectivity index (χ2v) is 7.00. The van der Waals surface area contributed by atoms with Crippen LogP contribution in [0.15, 0.2) is 42.5 Å². The third-order valence-corrected chi connectivity index (χ3v) is 4.51. The van der Waals surface area contributed by atoms with Crippen LogP contribution in [-0.2, 0) is 0 Å². The van der Waals surface area contributed by atoms with Gasteiger partial charge in [0.1, 0.15) is 0 Å². The maximum Gasteiger partial charge on any atom is 0.179 e. The Bertz CT molecular complexity index is 834. The van der Waals surface area contributed by atoms with Crippen molar-refractivity contribution in [3.05, 3.63) is 64.4 Å². The van der Waals surface area contributed by atoms with Crippen molar-refractivity contribution >= 4 is 17.3 Å². The van der Waals surface area contributed by atoms with Crippen LogP contribution in [0.4, 0.5) is 5.69 Å². The molecule has 130 valence electrons. The van der Waals surface area contributed by atoms with E-state index in [2.05, 4.69) is 60.7 Å². The Morgan fingerprint density at radius 2 is 1.64 bits per heavy atom. The number of anilines is 1. The summed E-state index contributed by atoms with van der Waals surface area (Å²) in [5.41, 5.74) is 4.30. The Morgan fingerprint density at radius 1 is 1.00 bits per heavy atom. The number of para-hydroxylation sites is 1. The van der Waals surface area contributed by atoms with E-state index >= 15 is 0 Å². The van der Waals surface area contributed by atoms with Gasteiger partial charge in [-0.05, 0) is 65.6 Å². The van der Waals surface area contributed by atoms with Gasteiger partial charge in [0.2, 0.25) is 0 Å². The molecule has 0 aliphatic carbocycles. The van der Waals surface area contributed by atoms with Crippen molar-refractivity contribution < 1.29 is 0 Å². The molecule has 0 saturated carbocycles. The first-order valence-electron chi connectivity index (χ1n) is 8.34. The number of hydrogen-bond donors (Lipinski definition) is 1. The Morgan fingerprint density at radius 3 is 2.24 bits per heavy atom. The maximum atomic E-state index is 5.99. The van der Waals surface area contributed by atoms with Crippen molar-refractivity contribution in [1.82, 2.24) is 20.2 Å². The zero-order valence-corrected chi connectivity index (χ0v) is 15.6. The molecule has 1 unspecified atom stereocenters. The normalized spacial score (nSPS) is 12.4. The summed E-state index contributed by atoms with van der Waals surface area (Å²) in [4.78, 5) is 0. The van der Waals surface area contributed by atoms with Gasteiger partial charge in [-0.25, -0.2) is 0 Å². The van der Waals surface area contributed by atoms with Crippen LogP contribution in [-0.4, -0.2) is 20.2 Å². The number of hydrogen-bond acceptors (Lipinski definition) is 4. The summed E-state index contributed by atoms with van der Waals surface area (Å²) >= 11 is 5.99. The number of benzene rings is 2. The Kier molecular flexibility index (Phi) is 5.04. The molecule has 0 bridgehead atoms. The van der Waals surface area contributed by atoms with Crippen molar-refractivity contribution in [3.63, 3.8) is 0 Å². The summed E-state index contributed by atoms with van der Waals surface area (Å²) in [6.45, 7) is 8.45. The molecule has 0 aliphatic heterocycles. The van der Waals surface area contributed by atoms with Gasteiger partial charge in [0, 0.05) is 10.7 Å². The molecule has 6 heteroatoms. The van der Waals surface area contributed by atoms with E-state index in [0.717, 1.165) is 28.3 Å². The molecule has 2 aromatic carbocycles. The van der Waals surface area contributed by atoms with Crippen molar-refractivity contribution in [2.45, 2.75) is 33.7 Å². The van der Waals surface area contributed by atoms with Gasteiger partial charge >= 0.3 is 0 Å². The lowest BCUT2D eigenvalue weighted by molar-refractivity contribution is 0.509. The molecular formula is C19H22ClN5. The fourth-order valence-corrected chi connectivity index (χ4v) is 3.07. The number of nitrogens with zero attached hydrogens (tertiary/aromatic N) is 4. The molecule has 0 aliphatic rings. The van der Waals surface area contributed by atoms with Crippen LogP contribution in [0.1, 0.15) is 36.8 Å². The van der Waals surface area contributed by atoms with E-state index in [9.17, 15) is 0 Å². The highest BCUT2D eigenvalue weighted by atomic mass is 35.5. The predicted molar refractivity (Wildman–Crippen MR) is 101 cm³/mol. The van der Waals surface area contributed by atoms with Crippen molar-refractivity contribution in [1.29, 1.82) is 0 Å². The van der Waals surface area contributed by atoms with E-state index in [-0.39, 0.29) is 6.04 Å². The lowest BCUT2D eigenvalue weighted by Gasteiger charge is -2.23. The average Bonchev–Trinajstić information content (AvgIpc) is 3.02. The van der Waals surface area contributed by atoms with Crippen LogP contribution in [0, 0.1) is 19.8 Å². The topological polar surface area (TPSA) is 55.6 Å². The standard InChI is InChI=1S/C19H22ClN5/c1-12(2)17(21-16-10-8-15(20)9-11-16)19-22-23-24-25(19)18-13(3)6-5-7-14(18)4/h5-12,17,21H,1-4H3. The van der Waals surface area contributed by atoms with Crippen molar-refractivity contribution in [2.24, 2.45) is 5.92 Å². The minimum absolute atomic E-state index is 0.0322. The quantitative estimate of drug-likeness (QED) is 0.718. The first-order chi connectivity index (χ1) is 12.0. The third kappa shape index (κ3) is 3.66. The second-order valence-electron chi connectivity index (χ2n) is 6.56. The van der Waals surface area contributed by atoms with Gasteiger partial charge < -0.3 is 5.32 Å². The molecule has 3 rings (SSSR count). The lowest BCUT2D eigenvalue weighted by atomic mass is 10.0. The smallest absolute Gasteiger partial charge is 0.179 e. The summed E-state index contributed by atoms with van der Waals surface area (Å²) in [5.74, 6) is 1.09. The molecule has 0 spiro atoms. The number of tetrazole rings is 1. The molecule has 0 saturated heterocycles. The van der Waals surface area contributed by atoms with Crippen LogP contribution < -0.4 is 5.32 Å². The largest absolute Gasteiger partial charge is 0.375 e. The molecule has 1 atom stereocenters. The van der Waals surface area contributed by atoms with E-state index in [4.69, 9.17) is 11.6 Å². The molecule has 3 aromatic rings. The van der Waals surface area contributed by atoms with Gasteiger partial charge in [-0.1, -0.05) is 43.6 Å². The zero-order chi connectivity index (χ0) is 18.0. The number of aryl methyl sites for hydroxylation is 2. The maximum absolute atomic E-state index is 5.99. The Labute approximate surface area is 153 Å². The van der Waals surface area contributed by atoms with E-state index in [1.807, 2.05) is 35.0 Å². The van der Waals surface area contributed by atoms with Gasteiger partial charge in [0.05, 0.1) is 11.7 Å². The van der Waals surface area contributed by atoms with Crippen LogP contribution >= 0.6 is 11.6 Å². The molecule has 0 radical (unpaired) electrons. The number of nitrogens with one attached hydrogen (secondary N) is 1. The van der Waals surface area contributed by atoms with Crippen LogP contribution in [0.25, 0.3) is 5.69 Å². The summed E-state index contributed by atoms with van der Waals surface area (Å²) in [7, 11) is 0. The molecule has 25 heavy (non-hydrogen) atoms. The van der Waals surface area contributed by atoms with Crippen molar-refractivity contribution in [3.8, 4) is 5.69 Å². The number of aromatic nitrogens is 4. The Balaban J connectivity index is 2.01. The first kappa shape index (κ1) is 17.4. The van der Waals surface area contributed by atoms with E-state index in [1.54, 1.807) is 0 Å². The molecule has 1 heterocycles. The molecule has 1 aromatic heterocycles. The van der Waals surface area contributed by atoms with Crippen molar-refractivity contribution in [2.75, 3.05) is 5.32 Å². The monoisotopic (exact) mass is 355 g/mol. The lowest BCUT2D eigenvalue weighted by Crippen LogP contribution is -2.22. The fourth-order valence-electron chi connectivity index (χ4n) is 2.94. The second kappa shape index (κ2) is 7.23. The van der Waals surface area contributed by atoms with Gasteiger partial charge in [-0.3, -0.25) is 0 Å². The number of halogens is 1. The van der Waals surface area contributed by atoms with Crippen LogP contribution in [0.3, 0.4) is 0 Å². The van der Waals surface area contributed by atoms with Gasteiger partial charge in [0.15, 0.2) is 5.82 Å². The molecule has 1 N–H and O–H groups in total. The van der Waals surface area contributed by atoms with Gasteiger partial charge in [-0.2, -0.15) is 4.68 Å². The van der Waals surface area contributed by atoms with Gasteiger partial charge in [0.25, 0.3) is 0 Å². The SMILES string of the molecule is Cc1cccc(C)c1-n1nnnc1C(Nc1ccc(Cl)cc1)C(C)C. The summed E-state index contributed by atoms with van der Waals surface area (Å²) in [6.07, 6.45) is 0. The average molecular weight is 356 g/mol. The summed E-state index contributed by atoms with van der Waals surface area (Å²) in [6, 6.07) is 13.8. The highest BCUT2D eigenvalue weighted by molar-refractivity contribution is 6.30. The highest BCUT2D eigenvalue weighted by Crippen LogP contribution is 2.28. The molecule has 0 fully saturated rings. The third-order valence-electron chi connectivity index (χ3n) is 4.26. The minimum Gasteiger partial charge on any atom is -0.375 e. The van der Waals surface area contributed by atoms with E-state index in [1.165, 1.54) is 0 Å². The number of rotatable bonds is 5. The molecular weight excluding hydrogens is 334 g/mol. The fraction of sp³-hybridized carbons (Fsp3) is 0.316. The summed E-state index contributed by atoms with van der Waals surface area (Å²) < 4.78 is 1.85. The minimum atomic E-state index is -0.0322. The predicted octanol–water partition coefficient (Wildman–Crippen LogP) is 4.74. The van der Waals surface area contributed by atoms with E-state index in [0.29, 0.717) is 10.9 Å². The summed E-state index contributed by atoms with van der Waals surface area (Å²) in [5, 5.41) is 16.8. The van der Waals surface area contributed by atoms with Crippen LogP contribution in [0.2, 0.25) is 5.02 Å². The molecule has 0 amide bonds. The highest BCUT2D eigenvalue weighted by Gasteiger charge is 2.24. The van der Waals surface area contributed by atoms with Crippen LogP contribution in [0.5, 0.6) is 0 Å². The van der Waals surface area contributed by atoms with E-state index < -0.39 is 0 Å². The molecule has 5 nitrogen and oxygen atoms in total. The first-order valence-corrected chi connectivity index (χ1v) is 8.72.